The van der Waals surface area contributed by atoms with Gasteiger partial charge in [-0.3, -0.25) is 0 Å². The summed E-state index contributed by atoms with van der Waals surface area (Å²) in [5.41, 5.74) is 1.30. The Labute approximate surface area is 127 Å². The highest BCUT2D eigenvalue weighted by Crippen LogP contribution is 2.34. The highest BCUT2D eigenvalue weighted by Gasteiger charge is 2.39. The number of nitrogens with zero attached hydrogens (tertiary/aromatic N) is 3. The number of carboxylic acids is 1. The van der Waals surface area contributed by atoms with E-state index in [1.165, 1.54) is 6.20 Å². The molecule has 6 heteroatoms. The summed E-state index contributed by atoms with van der Waals surface area (Å²) in [4.78, 5) is 19.3. The van der Waals surface area contributed by atoms with Gasteiger partial charge in [-0.2, -0.15) is 5.26 Å². The smallest absolute Gasteiger partial charge is 0.339 e. The third-order valence-corrected chi connectivity index (χ3v) is 3.51. The molecule has 0 saturated heterocycles. The number of aryl methyl sites for hydroxylation is 1. The molecule has 1 N–H and O–H groups in total. The highest BCUT2D eigenvalue weighted by atomic mass is 16.5. The number of nitriles is 1. The molecule has 0 aliphatic heterocycles. The summed E-state index contributed by atoms with van der Waals surface area (Å²) in [7, 11) is 0. The zero-order valence-electron chi connectivity index (χ0n) is 11.9. The van der Waals surface area contributed by atoms with E-state index in [1.807, 2.05) is 12.1 Å². The summed E-state index contributed by atoms with van der Waals surface area (Å²) in [5.74, 6) is 0.124. The lowest BCUT2D eigenvalue weighted by molar-refractivity contribution is 0.0695. The van der Waals surface area contributed by atoms with Crippen LogP contribution in [0, 0.1) is 24.2 Å². The first-order valence-electron chi connectivity index (χ1n) is 6.82. The third kappa shape index (κ3) is 2.74. The molecule has 6 nitrogen and oxygen atoms in total. The Bertz CT molecular complexity index is 765. The number of aromatic carboxylic acids is 1. The Balaban J connectivity index is 1.77. The Morgan fingerprint density at radius 1 is 1.41 bits per heavy atom. The maximum absolute atomic E-state index is 11.0. The van der Waals surface area contributed by atoms with Gasteiger partial charge in [0.05, 0.1) is 23.2 Å². The van der Waals surface area contributed by atoms with Gasteiger partial charge in [0.1, 0.15) is 11.9 Å². The van der Waals surface area contributed by atoms with E-state index in [4.69, 9.17) is 15.1 Å². The summed E-state index contributed by atoms with van der Waals surface area (Å²) < 4.78 is 5.65. The minimum Gasteiger partial charge on any atom is -0.489 e. The first kappa shape index (κ1) is 14.0. The number of rotatable bonds is 4. The van der Waals surface area contributed by atoms with Gasteiger partial charge in [0, 0.05) is 18.2 Å². The second-order valence-electron chi connectivity index (χ2n) is 5.15. The van der Waals surface area contributed by atoms with E-state index >= 15 is 0 Å². The lowest BCUT2D eigenvalue weighted by Crippen LogP contribution is -2.04. The molecular weight excluding hydrogens is 282 g/mol. The molecule has 22 heavy (non-hydrogen) atoms. The predicted molar refractivity (Wildman–Crippen MR) is 77.3 cm³/mol. The lowest BCUT2D eigenvalue weighted by atomic mass is 10.2. The van der Waals surface area contributed by atoms with Crippen LogP contribution >= 0.6 is 0 Å². The number of carbonyl (C=O) groups is 1. The van der Waals surface area contributed by atoms with Gasteiger partial charge in [0.15, 0.2) is 5.82 Å². The van der Waals surface area contributed by atoms with Crippen LogP contribution in [0.25, 0.3) is 11.4 Å². The largest absolute Gasteiger partial charge is 0.489 e. The molecule has 1 aromatic heterocycles. The molecule has 0 amide bonds. The second-order valence-corrected chi connectivity index (χ2v) is 5.15. The molecule has 3 rings (SSSR count). The van der Waals surface area contributed by atoms with Gasteiger partial charge in [-0.15, -0.1) is 0 Å². The van der Waals surface area contributed by atoms with Gasteiger partial charge >= 0.3 is 5.97 Å². The molecule has 1 aliphatic carbocycles. The van der Waals surface area contributed by atoms with Crippen LogP contribution in [0.1, 0.15) is 22.5 Å². The Hall–Kier alpha value is -2.94. The van der Waals surface area contributed by atoms with Crippen molar-refractivity contribution in [3.63, 3.8) is 0 Å². The van der Waals surface area contributed by atoms with Crippen LogP contribution in [0.2, 0.25) is 0 Å². The van der Waals surface area contributed by atoms with Gasteiger partial charge in [-0.05, 0) is 31.2 Å². The number of aromatic nitrogens is 2. The number of hydrogen-bond acceptors (Lipinski definition) is 5. The van der Waals surface area contributed by atoms with E-state index in [0.717, 1.165) is 12.0 Å². The van der Waals surface area contributed by atoms with Crippen LogP contribution in [0.3, 0.4) is 0 Å². The van der Waals surface area contributed by atoms with Gasteiger partial charge < -0.3 is 9.84 Å². The highest BCUT2D eigenvalue weighted by molar-refractivity contribution is 5.88. The molecule has 2 unspecified atom stereocenters. The van der Waals surface area contributed by atoms with Crippen molar-refractivity contribution in [3.05, 3.63) is 41.7 Å². The first-order valence-corrected chi connectivity index (χ1v) is 6.82. The third-order valence-electron chi connectivity index (χ3n) is 3.51. The van der Waals surface area contributed by atoms with E-state index in [-0.39, 0.29) is 17.6 Å². The van der Waals surface area contributed by atoms with Gasteiger partial charge in [0.2, 0.25) is 0 Å². The summed E-state index contributed by atoms with van der Waals surface area (Å²) in [6, 6.07) is 9.40. The van der Waals surface area contributed by atoms with E-state index in [1.54, 1.807) is 19.1 Å². The van der Waals surface area contributed by atoms with Crippen LogP contribution in [-0.4, -0.2) is 27.1 Å². The van der Waals surface area contributed by atoms with Gasteiger partial charge in [0.25, 0.3) is 0 Å². The molecule has 0 spiro atoms. The number of carboxylic acid groups (broad SMARTS) is 1. The molecule has 2 aromatic rings. The van der Waals surface area contributed by atoms with Crippen LogP contribution < -0.4 is 4.74 Å². The molecule has 1 heterocycles. The molecule has 0 bridgehead atoms. The van der Waals surface area contributed by atoms with Gasteiger partial charge in [-0.1, -0.05) is 0 Å². The Morgan fingerprint density at radius 3 is 2.68 bits per heavy atom. The van der Waals surface area contributed by atoms with Crippen molar-refractivity contribution in [2.75, 3.05) is 0 Å². The minimum atomic E-state index is -1.04. The summed E-state index contributed by atoms with van der Waals surface area (Å²) in [6.45, 7) is 1.64. The van der Waals surface area contributed by atoms with E-state index in [0.29, 0.717) is 17.3 Å². The van der Waals surface area contributed by atoms with Gasteiger partial charge in [-0.25, -0.2) is 14.8 Å². The average Bonchev–Trinajstić information content (AvgIpc) is 3.26. The first-order chi connectivity index (χ1) is 10.6. The van der Waals surface area contributed by atoms with E-state index in [9.17, 15) is 4.79 Å². The summed E-state index contributed by atoms with van der Waals surface area (Å²) in [6.07, 6.45) is 2.08. The molecule has 1 aliphatic rings. The zero-order valence-corrected chi connectivity index (χ0v) is 11.9. The second kappa shape index (κ2) is 5.45. The normalized spacial score (nSPS) is 19.3. The average molecular weight is 295 g/mol. The molecule has 1 fully saturated rings. The van der Waals surface area contributed by atoms with Crippen molar-refractivity contribution < 1.29 is 14.6 Å². The Morgan fingerprint density at radius 2 is 2.14 bits per heavy atom. The van der Waals surface area contributed by atoms with Crippen molar-refractivity contribution >= 4 is 5.97 Å². The van der Waals surface area contributed by atoms with Crippen LogP contribution in [0.5, 0.6) is 5.75 Å². The quantitative estimate of drug-likeness (QED) is 0.930. The zero-order chi connectivity index (χ0) is 15.7. The Kier molecular flexibility index (Phi) is 3.47. The van der Waals surface area contributed by atoms with Crippen molar-refractivity contribution in [1.82, 2.24) is 9.97 Å². The standard InChI is InChI=1S/C16H13N3O3/c1-9-13(16(20)21)8-18-15(19-9)10-2-4-12(5-3-10)22-14-6-11(14)7-17/h2-5,8,11,14H,6H2,1H3,(H,20,21). The molecular formula is C16H13N3O3. The monoisotopic (exact) mass is 295 g/mol. The molecule has 110 valence electrons. The summed E-state index contributed by atoms with van der Waals surface area (Å²) >= 11 is 0. The van der Waals surface area contributed by atoms with Crippen molar-refractivity contribution in [1.29, 1.82) is 5.26 Å². The van der Waals surface area contributed by atoms with Crippen LogP contribution in [-0.2, 0) is 0 Å². The number of hydrogen-bond donors (Lipinski definition) is 1. The van der Waals surface area contributed by atoms with Crippen molar-refractivity contribution in [2.24, 2.45) is 5.92 Å². The van der Waals surface area contributed by atoms with E-state index < -0.39 is 5.97 Å². The predicted octanol–water partition coefficient (Wildman–Crippen LogP) is 2.44. The molecule has 2 atom stereocenters. The fourth-order valence-corrected chi connectivity index (χ4v) is 2.11. The summed E-state index contributed by atoms with van der Waals surface area (Å²) in [5, 5.41) is 17.7. The lowest BCUT2D eigenvalue weighted by Gasteiger charge is -2.06. The number of benzene rings is 1. The van der Waals surface area contributed by atoms with Crippen molar-refractivity contribution in [3.8, 4) is 23.2 Å². The fourth-order valence-electron chi connectivity index (χ4n) is 2.11. The maximum atomic E-state index is 11.0. The topological polar surface area (TPSA) is 96.1 Å². The van der Waals surface area contributed by atoms with Crippen LogP contribution in [0.4, 0.5) is 0 Å². The maximum Gasteiger partial charge on any atom is 0.339 e. The van der Waals surface area contributed by atoms with E-state index in [2.05, 4.69) is 16.0 Å². The molecule has 1 saturated carbocycles. The number of ether oxygens (including phenoxy) is 1. The minimum absolute atomic E-state index is 0.00535. The van der Waals surface area contributed by atoms with Crippen molar-refractivity contribution in [2.45, 2.75) is 19.4 Å². The SMILES string of the molecule is Cc1nc(-c2ccc(OC3CC3C#N)cc2)ncc1C(=O)O. The molecule has 1 aromatic carbocycles. The van der Waals surface area contributed by atoms with Crippen LogP contribution in [0.15, 0.2) is 30.5 Å². The molecule has 0 radical (unpaired) electrons. The fraction of sp³-hybridized carbons (Fsp3) is 0.250.